The maximum atomic E-state index is 12.6. The van der Waals surface area contributed by atoms with Crippen LogP contribution in [0.5, 0.6) is 0 Å². The number of nitrogens with zero attached hydrogens (tertiary/aromatic N) is 2. The molecular formula is C25H33N3O4S. The molecule has 0 atom stereocenters. The van der Waals surface area contributed by atoms with Gasteiger partial charge < -0.3 is 14.9 Å². The van der Waals surface area contributed by atoms with Gasteiger partial charge in [-0.05, 0) is 88.0 Å². The monoisotopic (exact) mass is 471 g/mol. The zero-order valence-electron chi connectivity index (χ0n) is 18.9. The highest BCUT2D eigenvalue weighted by atomic mass is 32.2. The predicted molar refractivity (Wildman–Crippen MR) is 130 cm³/mol. The zero-order chi connectivity index (χ0) is 23.3. The smallest absolute Gasteiger partial charge is 0.337 e. The molecule has 2 aromatic carbocycles. The van der Waals surface area contributed by atoms with Crippen molar-refractivity contribution in [3.8, 4) is 0 Å². The first-order valence-electron chi connectivity index (χ1n) is 11.8. The van der Waals surface area contributed by atoms with Crippen LogP contribution in [0.3, 0.4) is 0 Å². The van der Waals surface area contributed by atoms with Crippen molar-refractivity contribution < 1.29 is 18.3 Å². The van der Waals surface area contributed by atoms with Crippen LogP contribution in [0.25, 0.3) is 0 Å². The Morgan fingerprint density at radius 2 is 1.67 bits per heavy atom. The number of rotatable bonds is 8. The third-order valence-corrected chi connectivity index (χ3v) is 8.19. The van der Waals surface area contributed by atoms with Gasteiger partial charge in [-0.15, -0.1) is 0 Å². The molecule has 178 valence electrons. The van der Waals surface area contributed by atoms with E-state index in [1.54, 1.807) is 30.3 Å². The molecule has 2 aromatic rings. The average Bonchev–Trinajstić information content (AvgIpc) is 2.84. The molecule has 0 bridgehead atoms. The van der Waals surface area contributed by atoms with Crippen molar-refractivity contribution in [2.24, 2.45) is 5.92 Å². The lowest BCUT2D eigenvalue weighted by molar-refractivity contribution is 0.0697. The molecule has 0 amide bonds. The molecule has 8 heteroatoms. The Balaban J connectivity index is 1.39. The maximum absolute atomic E-state index is 12.6. The number of hydrogen-bond acceptors (Lipinski definition) is 5. The molecule has 33 heavy (non-hydrogen) atoms. The van der Waals surface area contributed by atoms with Crippen LogP contribution in [-0.2, 0) is 10.0 Å². The van der Waals surface area contributed by atoms with E-state index < -0.39 is 16.0 Å². The number of carboxylic acid groups (broad SMARTS) is 1. The molecule has 0 radical (unpaired) electrons. The number of carboxylic acids is 1. The lowest BCUT2D eigenvalue weighted by Crippen LogP contribution is -2.37. The standard InChI is InChI=1S/C25H33N3O4S/c29-25(30)23-19-21(26-33(31,32)22-7-3-1-4-8-22)9-10-24(23)28-17-12-20(13-18-28)11-16-27-14-5-2-6-15-27/h1,3-4,7-10,19-20,26H,2,5-6,11-18H2,(H,29,30). The number of hydrogen-bond donors (Lipinski definition) is 2. The fourth-order valence-corrected chi connectivity index (χ4v) is 5.94. The number of sulfonamides is 1. The molecule has 2 N–H and O–H groups in total. The zero-order valence-corrected chi connectivity index (χ0v) is 19.8. The summed E-state index contributed by atoms with van der Waals surface area (Å²) in [4.78, 5) is 16.8. The van der Waals surface area contributed by atoms with Gasteiger partial charge in [-0.2, -0.15) is 0 Å². The molecule has 2 saturated heterocycles. The Hall–Kier alpha value is -2.58. The average molecular weight is 472 g/mol. The summed E-state index contributed by atoms with van der Waals surface area (Å²) in [6.45, 7) is 5.25. The number of benzene rings is 2. The number of likely N-dealkylation sites (tertiary alicyclic amines) is 1. The fraction of sp³-hybridized carbons (Fsp3) is 0.480. The Labute approximate surface area is 196 Å². The van der Waals surface area contributed by atoms with Gasteiger partial charge in [0.15, 0.2) is 0 Å². The normalized spacial score (nSPS) is 18.2. The van der Waals surface area contributed by atoms with Crippen molar-refractivity contribution in [2.75, 3.05) is 42.3 Å². The molecule has 2 aliphatic heterocycles. The van der Waals surface area contributed by atoms with Gasteiger partial charge >= 0.3 is 5.97 Å². The van der Waals surface area contributed by atoms with Gasteiger partial charge in [0.1, 0.15) is 0 Å². The van der Waals surface area contributed by atoms with Gasteiger partial charge in [0.25, 0.3) is 10.0 Å². The predicted octanol–water partition coefficient (Wildman–Crippen LogP) is 4.28. The molecule has 0 unspecified atom stereocenters. The van der Waals surface area contributed by atoms with Crippen LogP contribution in [0.2, 0.25) is 0 Å². The quantitative estimate of drug-likeness (QED) is 0.597. The van der Waals surface area contributed by atoms with E-state index in [1.807, 2.05) is 0 Å². The summed E-state index contributed by atoms with van der Waals surface area (Å²) >= 11 is 0. The summed E-state index contributed by atoms with van der Waals surface area (Å²) in [6, 6.07) is 12.8. The van der Waals surface area contributed by atoms with Gasteiger partial charge in [0.2, 0.25) is 0 Å². The van der Waals surface area contributed by atoms with E-state index in [9.17, 15) is 18.3 Å². The maximum Gasteiger partial charge on any atom is 0.337 e. The van der Waals surface area contributed by atoms with E-state index in [1.165, 1.54) is 63.5 Å². The third kappa shape index (κ3) is 6.06. The first kappa shape index (κ1) is 23.6. The van der Waals surface area contributed by atoms with Gasteiger partial charge in [-0.3, -0.25) is 4.72 Å². The summed E-state index contributed by atoms with van der Waals surface area (Å²) < 4.78 is 27.7. The number of anilines is 2. The lowest BCUT2D eigenvalue weighted by atomic mass is 9.92. The van der Waals surface area contributed by atoms with Gasteiger partial charge in [0, 0.05) is 18.8 Å². The van der Waals surface area contributed by atoms with Crippen molar-refractivity contribution in [3.05, 3.63) is 54.1 Å². The Morgan fingerprint density at radius 3 is 2.33 bits per heavy atom. The second kappa shape index (κ2) is 10.6. The molecule has 7 nitrogen and oxygen atoms in total. The Bertz CT molecular complexity index is 1040. The SMILES string of the molecule is O=C(O)c1cc(NS(=O)(=O)c2ccccc2)ccc1N1CCC(CCN2CCCCC2)CC1. The van der Waals surface area contributed by atoms with Crippen molar-refractivity contribution in [2.45, 2.75) is 43.4 Å². The largest absolute Gasteiger partial charge is 0.478 e. The minimum Gasteiger partial charge on any atom is -0.478 e. The van der Waals surface area contributed by atoms with E-state index >= 15 is 0 Å². The highest BCUT2D eigenvalue weighted by Crippen LogP contribution is 2.31. The molecule has 0 aliphatic carbocycles. The van der Waals surface area contributed by atoms with Crippen LogP contribution in [0, 0.1) is 5.92 Å². The van der Waals surface area contributed by atoms with E-state index in [2.05, 4.69) is 14.5 Å². The molecule has 2 heterocycles. The van der Waals surface area contributed by atoms with E-state index in [0.717, 1.165) is 25.9 Å². The summed E-state index contributed by atoms with van der Waals surface area (Å²) in [5.41, 5.74) is 1.02. The van der Waals surface area contributed by atoms with E-state index in [4.69, 9.17) is 0 Å². The van der Waals surface area contributed by atoms with Crippen LogP contribution in [0.4, 0.5) is 11.4 Å². The van der Waals surface area contributed by atoms with Crippen LogP contribution in [-0.4, -0.2) is 57.1 Å². The first-order valence-corrected chi connectivity index (χ1v) is 13.3. The number of nitrogens with one attached hydrogen (secondary N) is 1. The number of piperidine rings is 2. The van der Waals surface area contributed by atoms with Crippen LogP contribution >= 0.6 is 0 Å². The van der Waals surface area contributed by atoms with Gasteiger partial charge in [-0.25, -0.2) is 13.2 Å². The summed E-state index contributed by atoms with van der Waals surface area (Å²) in [7, 11) is -3.78. The lowest BCUT2D eigenvalue weighted by Gasteiger charge is -2.35. The van der Waals surface area contributed by atoms with Crippen LogP contribution < -0.4 is 9.62 Å². The summed E-state index contributed by atoms with van der Waals surface area (Å²) in [6.07, 6.45) is 7.29. The first-order chi connectivity index (χ1) is 15.9. The molecule has 0 spiro atoms. The van der Waals surface area contributed by atoms with Crippen LogP contribution in [0.1, 0.15) is 48.9 Å². The van der Waals surface area contributed by atoms with Gasteiger partial charge in [0.05, 0.1) is 16.1 Å². The minimum absolute atomic E-state index is 0.120. The Morgan fingerprint density at radius 1 is 0.970 bits per heavy atom. The van der Waals surface area contributed by atoms with E-state index in [0.29, 0.717) is 11.6 Å². The second-order valence-electron chi connectivity index (χ2n) is 9.08. The van der Waals surface area contributed by atoms with E-state index in [-0.39, 0.29) is 16.1 Å². The fourth-order valence-electron chi connectivity index (χ4n) is 4.87. The molecule has 4 rings (SSSR count). The molecule has 2 fully saturated rings. The van der Waals surface area contributed by atoms with Crippen molar-refractivity contribution in [1.82, 2.24) is 4.90 Å². The Kier molecular flexibility index (Phi) is 7.55. The molecule has 2 aliphatic rings. The summed E-state index contributed by atoms with van der Waals surface area (Å²) in [5, 5.41) is 9.81. The third-order valence-electron chi connectivity index (χ3n) is 6.79. The summed E-state index contributed by atoms with van der Waals surface area (Å²) in [5.74, 6) is -0.383. The van der Waals surface area contributed by atoms with Crippen molar-refractivity contribution in [3.63, 3.8) is 0 Å². The molecule has 0 aromatic heterocycles. The van der Waals surface area contributed by atoms with Crippen molar-refractivity contribution >= 4 is 27.4 Å². The number of aromatic carboxylic acids is 1. The van der Waals surface area contributed by atoms with Crippen molar-refractivity contribution in [1.29, 1.82) is 0 Å². The number of carbonyl (C=O) groups is 1. The molecular weight excluding hydrogens is 438 g/mol. The highest BCUT2D eigenvalue weighted by Gasteiger charge is 2.24. The van der Waals surface area contributed by atoms with Crippen LogP contribution in [0.15, 0.2) is 53.4 Å². The molecule has 0 saturated carbocycles. The topological polar surface area (TPSA) is 89.9 Å². The highest BCUT2D eigenvalue weighted by molar-refractivity contribution is 7.92. The second-order valence-corrected chi connectivity index (χ2v) is 10.8. The minimum atomic E-state index is -3.78. The van der Waals surface area contributed by atoms with Gasteiger partial charge in [-0.1, -0.05) is 24.6 Å².